The van der Waals surface area contributed by atoms with Crippen LogP contribution in [0.5, 0.6) is 0 Å². The fraction of sp³-hybridized carbons (Fsp3) is 0.553. The summed E-state index contributed by atoms with van der Waals surface area (Å²) in [5.41, 5.74) is 2.86. The van der Waals surface area contributed by atoms with E-state index in [1.807, 2.05) is 77.0 Å². The fourth-order valence-electron chi connectivity index (χ4n) is 13.5. The zero-order chi connectivity index (χ0) is 85.3. The molecule has 4 aliphatic heterocycles. The number of aryl methyl sites for hydroxylation is 2. The summed E-state index contributed by atoms with van der Waals surface area (Å²) in [4.78, 5) is 117. The lowest BCUT2D eigenvalue weighted by atomic mass is 10.0. The number of anilines is 2. The maximum absolute atomic E-state index is 12.9. The Balaban J connectivity index is 0.000000291. The number of hydrogen-bond donors (Lipinski definition) is 8. The summed E-state index contributed by atoms with van der Waals surface area (Å²) < 4.78 is 91.8. The Morgan fingerprint density at radius 2 is 0.967 bits per heavy atom. The van der Waals surface area contributed by atoms with E-state index >= 15 is 0 Å². The molecular weight excluding hydrogens is 1660 g/mol. The van der Waals surface area contributed by atoms with Gasteiger partial charge in [0.25, 0.3) is 22.9 Å². The predicted octanol–water partition coefficient (Wildman–Crippen LogP) is 11.2. The van der Waals surface area contributed by atoms with Crippen LogP contribution >= 0.6 is 32.3 Å². The highest BCUT2D eigenvalue weighted by Crippen LogP contribution is 2.58. The topological polar surface area (TPSA) is 480 Å². The van der Waals surface area contributed by atoms with E-state index in [0.717, 1.165) is 6.42 Å². The number of aromatic nitrogens is 16. The first-order valence-corrected chi connectivity index (χ1v) is 46.8. The minimum Gasteiger partial charge on any atom is -0.407 e. The van der Waals surface area contributed by atoms with E-state index in [2.05, 4.69) is 125 Å². The molecule has 4 aliphatic rings. The first-order valence-electron chi connectivity index (χ1n) is 37.9. The number of amides is 2. The maximum Gasteiger partial charge on any atom is 0.695 e. The Hall–Kier alpha value is -7.97. The van der Waals surface area contributed by atoms with Gasteiger partial charge in [-0.1, -0.05) is 135 Å². The minimum absolute atomic E-state index is 0. The van der Waals surface area contributed by atoms with Crippen LogP contribution in [0.15, 0.2) is 108 Å². The molecule has 4 saturated heterocycles. The molecule has 2 aromatic carbocycles. The number of H-pyrrole nitrogens is 2. The molecular formula is C76H117B2N18O20P4Si+2. The first-order chi connectivity index (χ1) is 55.7. The Kier molecular flexibility index (Phi) is 37.1. The summed E-state index contributed by atoms with van der Waals surface area (Å²) in [6, 6.07) is 17.8. The van der Waals surface area contributed by atoms with Crippen LogP contribution in [0, 0.1) is 31.6 Å². The van der Waals surface area contributed by atoms with Crippen molar-refractivity contribution in [2.24, 2.45) is 17.8 Å². The zero-order valence-corrected chi connectivity index (χ0v) is 72.8. The Labute approximate surface area is 710 Å². The van der Waals surface area contributed by atoms with Crippen LogP contribution in [0.2, 0.25) is 18.1 Å². The van der Waals surface area contributed by atoms with Crippen molar-refractivity contribution in [1.29, 1.82) is 0 Å². The highest BCUT2D eigenvalue weighted by molar-refractivity contribution is 7.89. The van der Waals surface area contributed by atoms with Gasteiger partial charge in [-0.25, -0.2) is 54.4 Å². The van der Waals surface area contributed by atoms with Crippen LogP contribution in [0.25, 0.3) is 44.7 Å². The van der Waals surface area contributed by atoms with Gasteiger partial charge in [-0.05, 0) is 76.0 Å². The summed E-state index contributed by atoms with van der Waals surface area (Å²) >= 11 is 0. The molecule has 0 bridgehead atoms. The summed E-state index contributed by atoms with van der Waals surface area (Å²) in [6.45, 7) is 35.7. The highest BCUT2D eigenvalue weighted by atomic mass is 31.2. The van der Waals surface area contributed by atoms with E-state index < -0.39 is 121 Å². The molecule has 0 aliphatic carbocycles. The number of aliphatic hydroxyl groups excluding tert-OH is 2. The molecule has 19 atom stereocenters. The number of rotatable bonds is 24. The van der Waals surface area contributed by atoms with Crippen LogP contribution < -0.4 is 21.8 Å². The molecule has 4 fully saturated rings. The van der Waals surface area contributed by atoms with Crippen molar-refractivity contribution < 1.29 is 84.7 Å². The minimum atomic E-state index is -2.98. The van der Waals surface area contributed by atoms with Gasteiger partial charge in [-0.15, -0.1) is 18.8 Å². The van der Waals surface area contributed by atoms with Gasteiger partial charge in [0.05, 0.1) is 71.1 Å². The molecule has 38 nitrogen and oxygen atoms in total. The van der Waals surface area contributed by atoms with Crippen molar-refractivity contribution in [2.45, 2.75) is 217 Å². The second kappa shape index (κ2) is 44.1. The summed E-state index contributed by atoms with van der Waals surface area (Å²) in [7, 11) is -11.6. The third-order valence-electron chi connectivity index (χ3n) is 20.2. The van der Waals surface area contributed by atoms with E-state index in [-0.39, 0.29) is 131 Å². The van der Waals surface area contributed by atoms with Crippen molar-refractivity contribution in [3.05, 3.63) is 142 Å². The average molecular weight is 1780 g/mol. The summed E-state index contributed by atoms with van der Waals surface area (Å²) in [6.07, 6.45) is 2.08. The van der Waals surface area contributed by atoms with Crippen molar-refractivity contribution in [2.75, 3.05) is 50.4 Å². The third-order valence-corrected chi connectivity index (χ3v) is 27.3. The third kappa shape index (κ3) is 23.0. The Morgan fingerprint density at radius 1 is 0.579 bits per heavy atom. The number of fused-ring (bicyclic) bond motifs is 4. The quantitative estimate of drug-likeness (QED) is 0.0206. The monoisotopic (exact) mass is 1780 g/mol. The smallest absolute Gasteiger partial charge is 0.407 e. The molecule has 8 aromatic heterocycles. The van der Waals surface area contributed by atoms with Gasteiger partial charge in [-0.2, -0.15) is 0 Å². The van der Waals surface area contributed by atoms with Crippen LogP contribution in [0.1, 0.15) is 162 Å². The molecule has 12 heterocycles. The zero-order valence-electron chi connectivity index (χ0n) is 68.3. The molecule has 0 spiro atoms. The largest absolute Gasteiger partial charge is 0.695 e. The van der Waals surface area contributed by atoms with Crippen LogP contribution in [-0.2, 0) is 55.1 Å². The average Bonchev–Trinajstić information content (AvgIpc) is 1.63. The molecule has 659 valence electrons. The summed E-state index contributed by atoms with van der Waals surface area (Å²) in [5, 5.41) is 25.5. The lowest BCUT2D eigenvalue weighted by Crippen LogP contribution is -2.48. The molecule has 8 N–H and O–H groups in total. The highest BCUT2D eigenvalue weighted by Gasteiger charge is 2.55. The fourth-order valence-corrected chi connectivity index (χ4v) is 17.6. The van der Waals surface area contributed by atoms with Crippen molar-refractivity contribution in [3.63, 3.8) is 0 Å². The molecule has 14 rings (SSSR count). The lowest BCUT2D eigenvalue weighted by molar-refractivity contribution is -0.0479. The van der Waals surface area contributed by atoms with Gasteiger partial charge in [0.15, 0.2) is 103 Å². The Morgan fingerprint density at radius 3 is 1.38 bits per heavy atom. The van der Waals surface area contributed by atoms with E-state index in [4.69, 9.17) is 50.9 Å². The van der Waals surface area contributed by atoms with Gasteiger partial charge in [0.1, 0.15) is 61.6 Å². The molecule has 3 radical (unpaired) electrons. The number of aliphatic hydroxyl groups is 2. The Bertz CT molecular complexity index is 5210. The molecule has 0 saturated carbocycles. The van der Waals surface area contributed by atoms with Gasteiger partial charge < -0.3 is 58.7 Å². The molecule has 2 amide bonds. The van der Waals surface area contributed by atoms with Crippen LogP contribution in [0.3, 0.4) is 0 Å². The predicted molar refractivity (Wildman–Crippen MR) is 470 cm³/mol. The standard InChI is InChI=1S/C31H38BN9O10P2.C26H38N5O4PSi.C12H15N4O6P.2C2H6.3CH4.B/c1-15-20(49-31(24(15)50-52(45)46)41-14-36-22-27(41)37-17(3)38-29(22)44)11-47-53(4,32)51-23-16(2)30(48-19(23)10-42)40-13-35-21-25(33-12-34-26(21)40)39-28(43)18-8-6-5-7-9-18;1-9-18-20(34-36(5)6)21(35-37(7,8)26(2,3)4)25(33-18)31-16-29-19-22(27-15-28-23(19)31)30-24(32)17-13-11-10-12-14-17;1-5-7(3-17)21-12(9(5)22-23(19)20)16-4-13-8-10(16)14-6(2)15-11(8)18;2*1-2;;;;/h5-9,12-16,19-20,23-24,30-31,42H,10-11H2,1-4,32H3,(H2-,33,34,37,38,39,43,44,45,46);10-16,18,20-21,25H,9H2,1-8H3,(H,27,28,30,32);4-5,7,9,12,17H,3H2,1-2H3,(H-,14,15,18,19,20);2*1-2H3;3*1H4;/p+2/t15-,16?,19+,20+,23+,24?,30+,31+,53?;18-,20+,21?,25-;5-,7+,9?,12+;;;;;;/m010....../s1. The van der Waals surface area contributed by atoms with Gasteiger partial charge in [0.2, 0.25) is 0 Å². The van der Waals surface area contributed by atoms with Crippen LogP contribution in [-0.4, -0.2) is 229 Å². The number of carbonyl (C=O) groups excluding carboxylic acids is 2. The number of hydrogen-bond acceptors (Lipinski definition) is 28. The second-order valence-electron chi connectivity index (χ2n) is 28.9. The normalized spacial score (nSPS) is 24.4. The SMILES string of the molecule is C.C.C.CC.CC.CC[C@H]1O[C@@H](n2cnc3c(NC(=O)c4ccccc4)ncnc32)C(O[Si](C)(C)C(C)(C)C)[C@H]1OP(C)C.Cc1nc2c(ncn2[C@@H]2O[C@H](CO)[C@H](C)C2O[P+](=O)O)c(=O)[nH]1.[BH3-][P+](C)(OC[C@H]1O[C@@H](n2cnc3c(=O)[nH]c(C)nc32)C(O[P+](=O)O)[C@H]1C)O[C@@H]1C(C)[C@H](n2cnc3c(NC(=O)c4ccccc4)ncnc32)O[C@@H]1CO.[B]. The summed E-state index contributed by atoms with van der Waals surface area (Å²) in [5.74, 6) is -0.239. The molecule has 10 aromatic rings. The second-order valence-corrected chi connectivity index (χ2v) is 38.3. The number of benzene rings is 2. The van der Waals surface area contributed by atoms with Gasteiger partial charge >= 0.3 is 16.5 Å². The van der Waals surface area contributed by atoms with Crippen LogP contribution in [0.4, 0.5) is 11.6 Å². The first kappa shape index (κ1) is 102. The number of nitrogens with zero attached hydrogens (tertiary/aromatic N) is 14. The number of aromatic amines is 2. The van der Waals surface area contributed by atoms with E-state index in [1.165, 1.54) is 34.4 Å². The number of ether oxygens (including phenoxy) is 4. The molecule has 45 heteroatoms. The van der Waals surface area contributed by atoms with E-state index in [0.29, 0.717) is 50.9 Å². The van der Waals surface area contributed by atoms with E-state index in [1.54, 1.807) is 74.4 Å². The van der Waals surface area contributed by atoms with E-state index in [9.17, 15) is 43.4 Å². The van der Waals surface area contributed by atoms with Crippen molar-refractivity contribution in [3.8, 4) is 0 Å². The molecule has 121 heavy (non-hydrogen) atoms. The number of nitrogens with one attached hydrogen (secondary N) is 4. The van der Waals surface area contributed by atoms with Gasteiger partial charge in [0, 0.05) is 54.6 Å². The maximum atomic E-state index is 12.9. The lowest BCUT2D eigenvalue weighted by Gasteiger charge is -2.40. The molecule has 7 unspecified atom stereocenters. The number of imidazole rings is 4. The van der Waals surface area contributed by atoms with Crippen molar-refractivity contribution in [1.82, 2.24) is 78.1 Å². The number of carbonyl (C=O) groups is 2. The van der Waals surface area contributed by atoms with Crippen molar-refractivity contribution >= 4 is 125 Å². The van der Waals surface area contributed by atoms with Gasteiger partial charge in [-0.3, -0.25) is 42.0 Å².